The van der Waals surface area contributed by atoms with E-state index < -0.39 is 0 Å². The van der Waals surface area contributed by atoms with E-state index in [2.05, 4.69) is 32.6 Å². The Kier molecular flexibility index (Phi) is 8.76. The molecule has 0 spiro atoms. The van der Waals surface area contributed by atoms with Crippen LogP contribution in [0.4, 0.5) is 20.6 Å². The van der Waals surface area contributed by atoms with Gasteiger partial charge in [0.05, 0.1) is 24.6 Å². The van der Waals surface area contributed by atoms with Crippen molar-refractivity contribution in [1.29, 1.82) is 0 Å². The van der Waals surface area contributed by atoms with E-state index in [1.165, 1.54) is 12.1 Å². The fourth-order valence-electron chi connectivity index (χ4n) is 4.00. The van der Waals surface area contributed by atoms with Gasteiger partial charge in [-0.2, -0.15) is 0 Å². The Balaban J connectivity index is 1.27. The molecule has 0 unspecified atom stereocenters. The maximum atomic E-state index is 14.0. The fraction of sp³-hybridized carbons (Fsp3) is 0.400. The maximum absolute atomic E-state index is 14.0. The SMILES string of the molecule is O=C(NCCC1OCCO1)Nc1ccc(F)cc1N1CCN(C/C=C/c2ccc(Cl)cc2)CC1. The summed E-state index contributed by atoms with van der Waals surface area (Å²) in [5.41, 5.74) is 2.39. The second kappa shape index (κ2) is 12.2. The summed E-state index contributed by atoms with van der Waals surface area (Å²) in [5, 5.41) is 6.38. The molecule has 0 aliphatic carbocycles. The lowest BCUT2D eigenvalue weighted by atomic mass is 10.2. The van der Waals surface area contributed by atoms with Crippen molar-refractivity contribution in [2.75, 3.05) is 62.7 Å². The van der Waals surface area contributed by atoms with Gasteiger partial charge in [-0.05, 0) is 35.9 Å². The highest BCUT2D eigenvalue weighted by Gasteiger charge is 2.20. The number of piperazine rings is 1. The minimum Gasteiger partial charge on any atom is -0.367 e. The first kappa shape index (κ1) is 24.5. The lowest BCUT2D eigenvalue weighted by molar-refractivity contribution is -0.0454. The molecule has 4 rings (SSSR count). The summed E-state index contributed by atoms with van der Waals surface area (Å²) in [7, 11) is 0. The topological polar surface area (TPSA) is 66.1 Å². The molecule has 0 aromatic heterocycles. The van der Waals surface area contributed by atoms with Crippen LogP contribution >= 0.6 is 11.6 Å². The maximum Gasteiger partial charge on any atom is 0.319 e. The number of nitrogens with zero attached hydrogens (tertiary/aromatic N) is 2. The highest BCUT2D eigenvalue weighted by atomic mass is 35.5. The van der Waals surface area contributed by atoms with Crippen LogP contribution < -0.4 is 15.5 Å². The number of ether oxygens (including phenoxy) is 2. The van der Waals surface area contributed by atoms with Gasteiger partial charge >= 0.3 is 6.03 Å². The monoisotopic (exact) mass is 488 g/mol. The molecule has 2 amide bonds. The van der Waals surface area contributed by atoms with Crippen molar-refractivity contribution >= 4 is 35.1 Å². The van der Waals surface area contributed by atoms with E-state index in [1.54, 1.807) is 6.07 Å². The standard InChI is InChI=1S/C25H30ClFN4O3/c26-20-5-3-19(4-6-20)2-1-11-30-12-14-31(15-13-30)23-18-21(27)7-8-22(23)29-25(32)28-10-9-24-33-16-17-34-24/h1-8,18,24H,9-17H2,(H2,28,29,32)/b2-1+. The average molecular weight is 489 g/mol. The van der Waals surface area contributed by atoms with Crippen LogP contribution in [-0.2, 0) is 9.47 Å². The normalized spacial score (nSPS) is 17.4. The third-order valence-corrected chi connectivity index (χ3v) is 6.07. The van der Waals surface area contributed by atoms with Crippen molar-refractivity contribution in [1.82, 2.24) is 10.2 Å². The number of nitrogens with one attached hydrogen (secondary N) is 2. The number of urea groups is 1. The third kappa shape index (κ3) is 7.17. The lowest BCUT2D eigenvalue weighted by Gasteiger charge is -2.36. The van der Waals surface area contributed by atoms with Crippen molar-refractivity contribution in [3.8, 4) is 0 Å². The minimum absolute atomic E-state index is 0.265. The van der Waals surface area contributed by atoms with Crippen molar-refractivity contribution in [3.63, 3.8) is 0 Å². The van der Waals surface area contributed by atoms with Crippen molar-refractivity contribution in [3.05, 3.63) is 64.9 Å². The first-order chi connectivity index (χ1) is 16.6. The van der Waals surface area contributed by atoms with E-state index in [-0.39, 0.29) is 18.1 Å². The van der Waals surface area contributed by atoms with E-state index in [9.17, 15) is 9.18 Å². The molecule has 34 heavy (non-hydrogen) atoms. The van der Waals surface area contributed by atoms with Gasteiger partial charge in [-0.15, -0.1) is 0 Å². The zero-order valence-corrected chi connectivity index (χ0v) is 19.8. The van der Waals surface area contributed by atoms with Crippen molar-refractivity contribution in [2.24, 2.45) is 0 Å². The number of hydrogen-bond donors (Lipinski definition) is 2. The molecule has 9 heteroatoms. The molecule has 2 aromatic rings. The Bertz CT molecular complexity index is 975. The van der Waals surface area contributed by atoms with Crippen LogP contribution in [0, 0.1) is 5.82 Å². The number of benzene rings is 2. The van der Waals surface area contributed by atoms with Gasteiger partial charge in [-0.1, -0.05) is 35.9 Å². The highest BCUT2D eigenvalue weighted by Crippen LogP contribution is 2.28. The van der Waals surface area contributed by atoms with Gasteiger partial charge < -0.3 is 25.0 Å². The second-order valence-corrected chi connectivity index (χ2v) is 8.68. The molecule has 2 aromatic carbocycles. The van der Waals surface area contributed by atoms with Crippen LogP contribution in [0.5, 0.6) is 0 Å². The van der Waals surface area contributed by atoms with Crippen molar-refractivity contribution in [2.45, 2.75) is 12.7 Å². The lowest BCUT2D eigenvalue weighted by Crippen LogP contribution is -2.46. The number of carbonyl (C=O) groups excluding carboxylic acids is 1. The van der Waals surface area contributed by atoms with Gasteiger partial charge in [-0.3, -0.25) is 4.90 Å². The molecule has 0 saturated carbocycles. The average Bonchev–Trinajstić information content (AvgIpc) is 3.36. The number of amides is 2. The molecule has 2 saturated heterocycles. The molecule has 0 atom stereocenters. The van der Waals surface area contributed by atoms with E-state index >= 15 is 0 Å². The predicted molar refractivity (Wildman–Crippen MR) is 133 cm³/mol. The van der Waals surface area contributed by atoms with Gasteiger partial charge in [0.1, 0.15) is 5.82 Å². The molecule has 0 bridgehead atoms. The largest absolute Gasteiger partial charge is 0.367 e. The zero-order chi connectivity index (χ0) is 23.8. The highest BCUT2D eigenvalue weighted by molar-refractivity contribution is 6.30. The van der Waals surface area contributed by atoms with E-state index in [1.807, 2.05) is 24.3 Å². The summed E-state index contributed by atoms with van der Waals surface area (Å²) >= 11 is 5.93. The summed E-state index contributed by atoms with van der Waals surface area (Å²) < 4.78 is 24.8. The molecular formula is C25H30ClFN4O3. The zero-order valence-electron chi connectivity index (χ0n) is 19.0. The summed E-state index contributed by atoms with van der Waals surface area (Å²) in [6, 6.07) is 11.8. The molecule has 2 aliphatic rings. The molecular weight excluding hydrogens is 459 g/mol. The van der Waals surface area contributed by atoms with E-state index in [0.717, 1.165) is 43.3 Å². The molecule has 2 aliphatic heterocycles. The molecule has 7 nitrogen and oxygen atoms in total. The number of anilines is 2. The Hall–Kier alpha value is -2.65. The predicted octanol–water partition coefficient (Wildman–Crippen LogP) is 4.20. The summed E-state index contributed by atoms with van der Waals surface area (Å²) in [4.78, 5) is 16.8. The molecule has 2 fully saturated rings. The van der Waals surface area contributed by atoms with Crippen LogP contribution in [0.2, 0.25) is 5.02 Å². The van der Waals surface area contributed by atoms with Crippen LogP contribution in [0.3, 0.4) is 0 Å². The van der Waals surface area contributed by atoms with Gasteiger partial charge in [0.2, 0.25) is 0 Å². The summed E-state index contributed by atoms with van der Waals surface area (Å²) in [5.74, 6) is -0.329. The third-order valence-electron chi connectivity index (χ3n) is 5.82. The Morgan fingerprint density at radius 3 is 2.56 bits per heavy atom. The molecule has 2 heterocycles. The van der Waals surface area contributed by atoms with Crippen molar-refractivity contribution < 1.29 is 18.7 Å². The van der Waals surface area contributed by atoms with Crippen LogP contribution in [0.1, 0.15) is 12.0 Å². The molecule has 2 N–H and O–H groups in total. The van der Waals surface area contributed by atoms with Gasteiger partial charge in [0, 0.05) is 50.7 Å². The van der Waals surface area contributed by atoms with Gasteiger partial charge in [0.25, 0.3) is 0 Å². The fourth-order valence-corrected chi connectivity index (χ4v) is 4.13. The first-order valence-corrected chi connectivity index (χ1v) is 11.9. The number of hydrogen-bond acceptors (Lipinski definition) is 5. The Labute approximate surface area is 204 Å². The van der Waals surface area contributed by atoms with Crippen LogP contribution in [-0.4, -0.2) is 69.7 Å². The van der Waals surface area contributed by atoms with Gasteiger partial charge in [-0.25, -0.2) is 9.18 Å². The summed E-state index contributed by atoms with van der Waals surface area (Å²) in [6.07, 6.45) is 4.54. The quantitative estimate of drug-likeness (QED) is 0.583. The molecule has 0 radical (unpaired) electrons. The Morgan fingerprint density at radius 1 is 1.09 bits per heavy atom. The number of rotatable bonds is 8. The number of carbonyl (C=O) groups is 1. The van der Waals surface area contributed by atoms with Crippen LogP contribution in [0.15, 0.2) is 48.5 Å². The summed E-state index contributed by atoms with van der Waals surface area (Å²) in [6.45, 7) is 5.60. The Morgan fingerprint density at radius 2 is 1.82 bits per heavy atom. The van der Waals surface area contributed by atoms with E-state index in [0.29, 0.717) is 37.6 Å². The number of halogens is 2. The van der Waals surface area contributed by atoms with Gasteiger partial charge in [0.15, 0.2) is 6.29 Å². The minimum atomic E-state index is -0.336. The smallest absolute Gasteiger partial charge is 0.319 e. The van der Waals surface area contributed by atoms with Crippen LogP contribution in [0.25, 0.3) is 6.08 Å². The van der Waals surface area contributed by atoms with E-state index in [4.69, 9.17) is 21.1 Å². The first-order valence-electron chi connectivity index (χ1n) is 11.5. The molecule has 182 valence electrons. The second-order valence-electron chi connectivity index (χ2n) is 8.24.